The second-order valence-electron chi connectivity index (χ2n) is 6.51. The molecule has 0 atom stereocenters. The Morgan fingerprint density at radius 2 is 1.70 bits per heavy atom. The maximum atomic E-state index is 12.7. The molecule has 2 heterocycles. The standard InChI is InChI=1S/C21H20N4O2/c26-20(17-9-5-2-6-10-17)22-13-18-15-24-11-12-25(21(27)19(24)23-18)14-16-7-3-1-4-8-16/h1-10,15H,11-14H2,(H,22,26). The van der Waals surface area contributed by atoms with Crippen molar-refractivity contribution in [2.45, 2.75) is 19.6 Å². The lowest BCUT2D eigenvalue weighted by atomic mass is 10.2. The molecule has 0 saturated heterocycles. The smallest absolute Gasteiger partial charge is 0.290 e. The molecule has 1 aromatic heterocycles. The third kappa shape index (κ3) is 3.74. The Bertz CT molecular complexity index is 951. The average Bonchev–Trinajstić information content (AvgIpc) is 3.14. The van der Waals surface area contributed by atoms with Crippen LogP contribution in [0, 0.1) is 0 Å². The van der Waals surface area contributed by atoms with E-state index in [9.17, 15) is 9.59 Å². The van der Waals surface area contributed by atoms with Gasteiger partial charge in [-0.25, -0.2) is 4.98 Å². The zero-order valence-corrected chi connectivity index (χ0v) is 14.8. The van der Waals surface area contributed by atoms with Crippen LogP contribution in [-0.2, 0) is 19.6 Å². The van der Waals surface area contributed by atoms with Crippen molar-refractivity contribution >= 4 is 11.8 Å². The molecule has 6 nitrogen and oxygen atoms in total. The van der Waals surface area contributed by atoms with Crippen molar-refractivity contribution in [2.75, 3.05) is 6.54 Å². The number of nitrogens with one attached hydrogen (secondary N) is 1. The number of benzene rings is 2. The summed E-state index contributed by atoms with van der Waals surface area (Å²) in [6, 6.07) is 19.0. The number of carbonyl (C=O) groups is 2. The van der Waals surface area contributed by atoms with Crippen LogP contribution in [0.3, 0.4) is 0 Å². The van der Waals surface area contributed by atoms with Crippen LogP contribution in [0.2, 0.25) is 0 Å². The van der Waals surface area contributed by atoms with E-state index in [4.69, 9.17) is 0 Å². The molecule has 0 radical (unpaired) electrons. The topological polar surface area (TPSA) is 67.2 Å². The summed E-state index contributed by atoms with van der Waals surface area (Å²) in [6.07, 6.45) is 1.85. The minimum absolute atomic E-state index is 0.0780. The zero-order valence-electron chi connectivity index (χ0n) is 14.8. The van der Waals surface area contributed by atoms with Gasteiger partial charge >= 0.3 is 0 Å². The largest absolute Gasteiger partial charge is 0.346 e. The number of imidazole rings is 1. The second kappa shape index (κ2) is 7.45. The molecule has 4 rings (SSSR count). The highest BCUT2D eigenvalue weighted by molar-refractivity contribution is 5.94. The number of aromatic nitrogens is 2. The van der Waals surface area contributed by atoms with Gasteiger partial charge in [0.25, 0.3) is 11.8 Å². The molecule has 0 spiro atoms. The molecule has 27 heavy (non-hydrogen) atoms. The Labute approximate surface area is 157 Å². The van der Waals surface area contributed by atoms with E-state index in [1.54, 1.807) is 12.1 Å². The second-order valence-corrected chi connectivity index (χ2v) is 6.51. The minimum atomic E-state index is -0.154. The van der Waals surface area contributed by atoms with E-state index in [2.05, 4.69) is 10.3 Å². The van der Waals surface area contributed by atoms with E-state index >= 15 is 0 Å². The Morgan fingerprint density at radius 1 is 1.00 bits per heavy atom. The molecule has 2 aromatic carbocycles. The maximum Gasteiger partial charge on any atom is 0.290 e. The van der Waals surface area contributed by atoms with Crippen molar-refractivity contribution in [3.63, 3.8) is 0 Å². The Morgan fingerprint density at radius 3 is 2.44 bits per heavy atom. The number of nitrogens with zero attached hydrogens (tertiary/aromatic N) is 3. The lowest BCUT2D eigenvalue weighted by molar-refractivity contribution is 0.0683. The minimum Gasteiger partial charge on any atom is -0.346 e. The van der Waals surface area contributed by atoms with Gasteiger partial charge in [-0.3, -0.25) is 9.59 Å². The predicted octanol–water partition coefficient (Wildman–Crippen LogP) is 2.47. The summed E-state index contributed by atoms with van der Waals surface area (Å²) >= 11 is 0. The molecule has 0 unspecified atom stereocenters. The third-order valence-electron chi connectivity index (χ3n) is 4.60. The Hall–Kier alpha value is -3.41. The lowest BCUT2D eigenvalue weighted by Gasteiger charge is -2.27. The third-order valence-corrected chi connectivity index (χ3v) is 4.60. The fourth-order valence-electron chi connectivity index (χ4n) is 3.18. The fraction of sp³-hybridized carbons (Fsp3) is 0.190. The van der Waals surface area contributed by atoms with E-state index in [-0.39, 0.29) is 11.8 Å². The molecule has 1 N–H and O–H groups in total. The average molecular weight is 360 g/mol. The number of hydrogen-bond acceptors (Lipinski definition) is 3. The van der Waals surface area contributed by atoms with Crippen LogP contribution in [0.15, 0.2) is 66.9 Å². The molecular weight excluding hydrogens is 340 g/mol. The highest BCUT2D eigenvalue weighted by atomic mass is 16.2. The summed E-state index contributed by atoms with van der Waals surface area (Å²) in [5, 5.41) is 2.85. The summed E-state index contributed by atoms with van der Waals surface area (Å²) in [5.74, 6) is 0.200. The predicted molar refractivity (Wildman–Crippen MR) is 101 cm³/mol. The van der Waals surface area contributed by atoms with E-state index in [0.29, 0.717) is 43.3 Å². The van der Waals surface area contributed by atoms with Crippen LogP contribution in [0.4, 0.5) is 0 Å². The van der Waals surface area contributed by atoms with Gasteiger partial charge in [0, 0.05) is 31.4 Å². The molecule has 136 valence electrons. The molecule has 0 aliphatic carbocycles. The number of amides is 2. The van der Waals surface area contributed by atoms with Crippen LogP contribution in [-0.4, -0.2) is 32.8 Å². The normalized spacial score (nSPS) is 13.3. The van der Waals surface area contributed by atoms with Crippen LogP contribution >= 0.6 is 0 Å². The van der Waals surface area contributed by atoms with E-state index in [0.717, 1.165) is 5.56 Å². The van der Waals surface area contributed by atoms with Crippen molar-refractivity contribution in [3.8, 4) is 0 Å². The van der Waals surface area contributed by atoms with Crippen molar-refractivity contribution < 1.29 is 9.59 Å². The van der Waals surface area contributed by atoms with Gasteiger partial charge in [-0.05, 0) is 17.7 Å². The number of hydrogen-bond donors (Lipinski definition) is 1. The van der Waals surface area contributed by atoms with Gasteiger partial charge < -0.3 is 14.8 Å². The van der Waals surface area contributed by atoms with Gasteiger partial charge in [-0.15, -0.1) is 0 Å². The molecule has 3 aromatic rings. The molecule has 1 aliphatic heterocycles. The summed E-state index contributed by atoms with van der Waals surface area (Å²) in [5.41, 5.74) is 2.39. The first-order valence-electron chi connectivity index (χ1n) is 8.93. The summed E-state index contributed by atoms with van der Waals surface area (Å²) < 4.78 is 1.87. The zero-order chi connectivity index (χ0) is 18.6. The molecular formula is C21H20N4O2. The summed E-state index contributed by atoms with van der Waals surface area (Å²) in [4.78, 5) is 31.2. The molecule has 0 bridgehead atoms. The lowest BCUT2D eigenvalue weighted by Crippen LogP contribution is -2.39. The van der Waals surface area contributed by atoms with E-state index in [1.165, 1.54) is 0 Å². The highest BCUT2D eigenvalue weighted by Gasteiger charge is 2.26. The van der Waals surface area contributed by atoms with Crippen LogP contribution in [0.25, 0.3) is 0 Å². The monoisotopic (exact) mass is 360 g/mol. The van der Waals surface area contributed by atoms with Gasteiger partial charge in [0.15, 0.2) is 5.82 Å². The van der Waals surface area contributed by atoms with Crippen LogP contribution in [0.5, 0.6) is 0 Å². The molecule has 2 amide bonds. The highest BCUT2D eigenvalue weighted by Crippen LogP contribution is 2.16. The number of rotatable bonds is 5. The molecule has 0 saturated carbocycles. The first-order chi connectivity index (χ1) is 13.2. The number of carbonyl (C=O) groups excluding carboxylic acids is 2. The molecule has 1 aliphatic rings. The molecule has 6 heteroatoms. The summed E-state index contributed by atoms with van der Waals surface area (Å²) in [6.45, 7) is 2.22. The van der Waals surface area contributed by atoms with Crippen molar-refractivity contribution in [1.82, 2.24) is 19.8 Å². The van der Waals surface area contributed by atoms with Crippen molar-refractivity contribution in [3.05, 3.63) is 89.5 Å². The summed E-state index contributed by atoms with van der Waals surface area (Å²) in [7, 11) is 0. The van der Waals surface area contributed by atoms with Gasteiger partial charge in [-0.2, -0.15) is 0 Å². The first kappa shape index (κ1) is 17.0. The fourth-order valence-corrected chi connectivity index (χ4v) is 3.18. The van der Waals surface area contributed by atoms with E-state index < -0.39 is 0 Å². The molecule has 0 fully saturated rings. The van der Waals surface area contributed by atoms with Crippen LogP contribution in [0.1, 0.15) is 32.2 Å². The van der Waals surface area contributed by atoms with Crippen molar-refractivity contribution in [2.24, 2.45) is 0 Å². The van der Waals surface area contributed by atoms with Gasteiger partial charge in [0.1, 0.15) is 0 Å². The van der Waals surface area contributed by atoms with E-state index in [1.807, 2.05) is 64.2 Å². The maximum absolute atomic E-state index is 12.7. The Kier molecular flexibility index (Phi) is 4.70. The van der Waals surface area contributed by atoms with Crippen LogP contribution < -0.4 is 5.32 Å². The quantitative estimate of drug-likeness (QED) is 0.760. The first-order valence-corrected chi connectivity index (χ1v) is 8.93. The van der Waals surface area contributed by atoms with Crippen molar-refractivity contribution in [1.29, 1.82) is 0 Å². The van der Waals surface area contributed by atoms with Gasteiger partial charge in [0.05, 0.1) is 12.2 Å². The number of fused-ring (bicyclic) bond motifs is 1. The Balaban J connectivity index is 1.42. The SMILES string of the molecule is O=C(NCc1cn2c(n1)C(=O)N(Cc1ccccc1)CC2)c1ccccc1. The van der Waals surface area contributed by atoms with Gasteiger partial charge in [0.2, 0.25) is 0 Å². The van der Waals surface area contributed by atoms with Gasteiger partial charge in [-0.1, -0.05) is 48.5 Å².